The zero-order valence-corrected chi connectivity index (χ0v) is 8.94. The van der Waals surface area contributed by atoms with Crippen molar-refractivity contribution in [3.63, 3.8) is 0 Å². The minimum Gasteiger partial charge on any atom is -0.481 e. The van der Waals surface area contributed by atoms with Crippen LogP contribution in [-0.4, -0.2) is 17.4 Å². The second kappa shape index (κ2) is 5.40. The van der Waals surface area contributed by atoms with Crippen LogP contribution in [0.3, 0.4) is 0 Å². The van der Waals surface area contributed by atoms with Gasteiger partial charge in [-0.3, -0.25) is 4.79 Å². The third kappa shape index (κ3) is 3.97. The van der Waals surface area contributed by atoms with E-state index in [0.717, 1.165) is 6.07 Å². The Balaban J connectivity index is 3.07. The van der Waals surface area contributed by atoms with Crippen LogP contribution in [-0.2, 0) is 4.79 Å². The van der Waals surface area contributed by atoms with Gasteiger partial charge in [-0.05, 0) is 6.07 Å². The molecule has 0 aliphatic rings. The Morgan fingerprint density at radius 2 is 2.06 bits per heavy atom. The molecule has 0 aliphatic heterocycles. The van der Waals surface area contributed by atoms with Gasteiger partial charge in [-0.2, -0.15) is 5.26 Å². The summed E-state index contributed by atoms with van der Waals surface area (Å²) in [5, 5.41) is 17.4. The Hall–Kier alpha value is -2.23. The van der Waals surface area contributed by atoms with E-state index in [-0.39, 0.29) is 5.56 Å². The molecular weight excluding hydrogens is 251 g/mol. The van der Waals surface area contributed by atoms with Crippen LogP contribution in [0.15, 0.2) is 24.3 Å². The summed E-state index contributed by atoms with van der Waals surface area (Å²) < 4.78 is 40.1. The van der Waals surface area contributed by atoms with Gasteiger partial charge in [0.25, 0.3) is 0 Å². The van der Waals surface area contributed by atoms with E-state index < -0.39 is 30.4 Å². The van der Waals surface area contributed by atoms with Crippen LogP contribution in [0.5, 0.6) is 5.75 Å². The number of rotatable bonds is 4. The Morgan fingerprint density at radius 3 is 2.56 bits per heavy atom. The molecule has 1 aromatic rings. The van der Waals surface area contributed by atoms with E-state index in [1.54, 1.807) is 6.07 Å². The Morgan fingerprint density at radius 1 is 1.44 bits per heavy atom. The second-order valence-corrected chi connectivity index (χ2v) is 3.37. The van der Waals surface area contributed by atoms with Crippen molar-refractivity contribution in [1.82, 2.24) is 0 Å². The molecule has 0 fully saturated rings. The van der Waals surface area contributed by atoms with Crippen molar-refractivity contribution in [2.45, 2.75) is 18.7 Å². The highest BCUT2D eigenvalue weighted by atomic mass is 19.4. The highest BCUT2D eigenvalue weighted by Crippen LogP contribution is 2.32. The number of para-hydroxylation sites is 1. The predicted octanol–water partition coefficient (Wildman–Crippen LogP) is 2.67. The zero-order chi connectivity index (χ0) is 13.8. The van der Waals surface area contributed by atoms with Gasteiger partial charge < -0.3 is 9.84 Å². The Kier molecular flexibility index (Phi) is 4.15. The molecule has 1 atom stereocenters. The summed E-state index contributed by atoms with van der Waals surface area (Å²) in [6.07, 6.45) is -5.48. The largest absolute Gasteiger partial charge is 0.573 e. The molecule has 0 saturated heterocycles. The lowest BCUT2D eigenvalue weighted by atomic mass is 9.96. The predicted molar refractivity (Wildman–Crippen MR) is 53.7 cm³/mol. The van der Waals surface area contributed by atoms with Crippen LogP contribution in [0.25, 0.3) is 0 Å². The molecule has 0 bridgehead atoms. The van der Waals surface area contributed by atoms with Gasteiger partial charge >= 0.3 is 12.3 Å². The molecule has 0 aromatic heterocycles. The number of nitriles is 1. The summed E-state index contributed by atoms with van der Waals surface area (Å²) in [6.45, 7) is 0. The number of benzene rings is 1. The summed E-state index contributed by atoms with van der Waals surface area (Å²) in [5.74, 6) is -3.03. The van der Waals surface area contributed by atoms with Crippen molar-refractivity contribution in [2.24, 2.45) is 0 Å². The lowest BCUT2D eigenvalue weighted by molar-refractivity contribution is -0.274. The maximum atomic E-state index is 12.1. The number of nitrogens with zero attached hydrogens (tertiary/aromatic N) is 1. The van der Waals surface area contributed by atoms with Crippen molar-refractivity contribution in [2.75, 3.05) is 0 Å². The van der Waals surface area contributed by atoms with E-state index in [2.05, 4.69) is 4.74 Å². The van der Waals surface area contributed by atoms with Crippen molar-refractivity contribution < 1.29 is 27.8 Å². The molecule has 4 nitrogen and oxygen atoms in total. The second-order valence-electron chi connectivity index (χ2n) is 3.37. The number of carboxylic acid groups (broad SMARTS) is 1. The smallest absolute Gasteiger partial charge is 0.481 e. The molecule has 1 unspecified atom stereocenters. The first-order valence-electron chi connectivity index (χ1n) is 4.79. The Bertz CT molecular complexity index is 479. The SMILES string of the molecule is N#CC(CC(=O)O)c1ccccc1OC(F)(F)F. The molecule has 0 saturated carbocycles. The van der Waals surface area contributed by atoms with Crippen molar-refractivity contribution >= 4 is 5.97 Å². The lowest BCUT2D eigenvalue weighted by Gasteiger charge is -2.15. The average Bonchev–Trinajstić information content (AvgIpc) is 2.24. The maximum absolute atomic E-state index is 12.1. The molecule has 0 spiro atoms. The fourth-order valence-corrected chi connectivity index (χ4v) is 1.39. The molecule has 96 valence electrons. The molecular formula is C11H8F3NO3. The van der Waals surface area contributed by atoms with E-state index >= 15 is 0 Å². The zero-order valence-electron chi connectivity index (χ0n) is 8.94. The van der Waals surface area contributed by atoms with Gasteiger partial charge in [-0.25, -0.2) is 0 Å². The first kappa shape index (κ1) is 13.8. The number of carboxylic acids is 1. The molecule has 0 heterocycles. The van der Waals surface area contributed by atoms with Crippen molar-refractivity contribution in [3.8, 4) is 11.8 Å². The summed E-state index contributed by atoms with van der Waals surface area (Å²) in [4.78, 5) is 10.5. The van der Waals surface area contributed by atoms with Crippen LogP contribution in [0, 0.1) is 11.3 Å². The van der Waals surface area contributed by atoms with Gasteiger partial charge in [0, 0.05) is 5.56 Å². The molecule has 1 N–H and O–H groups in total. The first-order chi connectivity index (χ1) is 8.33. The normalized spacial score (nSPS) is 12.6. The van der Waals surface area contributed by atoms with Crippen molar-refractivity contribution in [3.05, 3.63) is 29.8 Å². The van der Waals surface area contributed by atoms with E-state index in [9.17, 15) is 18.0 Å². The number of halogens is 3. The van der Waals surface area contributed by atoms with Crippen LogP contribution < -0.4 is 4.74 Å². The van der Waals surface area contributed by atoms with E-state index in [1.165, 1.54) is 18.2 Å². The van der Waals surface area contributed by atoms with Gasteiger partial charge in [0.15, 0.2) is 0 Å². The van der Waals surface area contributed by atoms with Gasteiger partial charge in [-0.1, -0.05) is 18.2 Å². The molecule has 1 rings (SSSR count). The molecule has 0 radical (unpaired) electrons. The quantitative estimate of drug-likeness (QED) is 0.902. The minimum atomic E-state index is -4.89. The van der Waals surface area contributed by atoms with Crippen LogP contribution in [0.1, 0.15) is 17.9 Å². The highest BCUT2D eigenvalue weighted by molar-refractivity contribution is 5.69. The molecule has 0 aliphatic carbocycles. The van der Waals surface area contributed by atoms with Crippen LogP contribution >= 0.6 is 0 Å². The van der Waals surface area contributed by atoms with E-state index in [0.29, 0.717) is 0 Å². The van der Waals surface area contributed by atoms with E-state index in [4.69, 9.17) is 10.4 Å². The van der Waals surface area contributed by atoms with E-state index in [1.807, 2.05) is 0 Å². The first-order valence-corrected chi connectivity index (χ1v) is 4.79. The molecule has 0 amide bonds. The molecule has 7 heteroatoms. The summed E-state index contributed by atoms with van der Waals surface area (Å²) in [6, 6.07) is 6.63. The number of aliphatic carboxylic acids is 1. The summed E-state index contributed by atoms with van der Waals surface area (Å²) in [5.41, 5.74) is -0.0975. The lowest BCUT2D eigenvalue weighted by Crippen LogP contribution is -2.19. The molecule has 1 aromatic carbocycles. The highest BCUT2D eigenvalue weighted by Gasteiger charge is 2.33. The van der Waals surface area contributed by atoms with Crippen LogP contribution in [0.4, 0.5) is 13.2 Å². The minimum absolute atomic E-state index is 0.0975. The standard InChI is InChI=1S/C11H8F3NO3/c12-11(13,14)18-9-4-2-1-3-8(9)7(6-15)5-10(16)17/h1-4,7H,5H2,(H,16,17). The number of hydrogen-bond acceptors (Lipinski definition) is 3. The number of alkyl halides is 3. The monoisotopic (exact) mass is 259 g/mol. The number of hydrogen-bond donors (Lipinski definition) is 1. The fourth-order valence-electron chi connectivity index (χ4n) is 1.39. The van der Waals surface area contributed by atoms with Gasteiger partial charge in [0.2, 0.25) is 0 Å². The third-order valence-electron chi connectivity index (χ3n) is 2.05. The Labute approximate surface area is 100 Å². The summed E-state index contributed by atoms with van der Waals surface area (Å²) >= 11 is 0. The number of carbonyl (C=O) groups is 1. The topological polar surface area (TPSA) is 70.3 Å². The fraction of sp³-hybridized carbons (Fsp3) is 0.273. The maximum Gasteiger partial charge on any atom is 0.573 e. The molecule has 18 heavy (non-hydrogen) atoms. The third-order valence-corrected chi connectivity index (χ3v) is 2.05. The summed E-state index contributed by atoms with van der Waals surface area (Å²) in [7, 11) is 0. The van der Waals surface area contributed by atoms with Crippen molar-refractivity contribution in [1.29, 1.82) is 5.26 Å². The number of ether oxygens (including phenoxy) is 1. The van der Waals surface area contributed by atoms with Crippen LogP contribution in [0.2, 0.25) is 0 Å². The van der Waals surface area contributed by atoms with Gasteiger partial charge in [0.1, 0.15) is 5.75 Å². The van der Waals surface area contributed by atoms with Gasteiger partial charge in [0.05, 0.1) is 18.4 Å². The average molecular weight is 259 g/mol. The van der Waals surface area contributed by atoms with Gasteiger partial charge in [-0.15, -0.1) is 13.2 Å².